The summed E-state index contributed by atoms with van der Waals surface area (Å²) in [5, 5.41) is 3.85. The summed E-state index contributed by atoms with van der Waals surface area (Å²) < 4.78 is 26.3. The van der Waals surface area contributed by atoms with Gasteiger partial charge in [0.25, 0.3) is 0 Å². The molecule has 0 aliphatic heterocycles. The van der Waals surface area contributed by atoms with Gasteiger partial charge in [0, 0.05) is 36.1 Å². The molecule has 198 valence electrons. The number of aryl methyl sites for hydroxylation is 1. The summed E-state index contributed by atoms with van der Waals surface area (Å²) in [6.07, 6.45) is 1.46. The molecular weight excluding hydrogens is 521 g/mol. The molecule has 0 saturated carbocycles. The van der Waals surface area contributed by atoms with E-state index in [1.54, 1.807) is 50.2 Å². The van der Waals surface area contributed by atoms with E-state index < -0.39 is 16.1 Å². The highest BCUT2D eigenvalue weighted by Crippen LogP contribution is 2.27. The zero-order valence-electron chi connectivity index (χ0n) is 21.4. The molecule has 1 atom stereocenters. The number of anilines is 1. The molecule has 36 heavy (non-hydrogen) atoms. The number of benzene rings is 2. The van der Waals surface area contributed by atoms with E-state index in [0.717, 1.165) is 17.4 Å². The van der Waals surface area contributed by atoms with E-state index in [1.165, 1.54) is 9.21 Å². The van der Waals surface area contributed by atoms with Crippen molar-refractivity contribution >= 4 is 50.7 Å². The first-order valence-corrected chi connectivity index (χ1v) is 14.5. The number of nitrogens with zero attached hydrogens (tertiary/aromatic N) is 2. The molecule has 0 radical (unpaired) electrons. The number of hydrogen-bond acceptors (Lipinski definition) is 4. The molecule has 2 rings (SSSR count). The summed E-state index contributed by atoms with van der Waals surface area (Å²) in [7, 11) is -3.60. The largest absolute Gasteiger partial charge is 0.354 e. The Hall–Kier alpha value is -2.29. The highest BCUT2D eigenvalue weighted by Gasteiger charge is 2.27. The fraction of sp³-hybridized carbons (Fsp3) is 0.462. The third-order valence-corrected chi connectivity index (χ3v) is 7.34. The second-order valence-electron chi connectivity index (χ2n) is 9.34. The molecule has 1 N–H and O–H groups in total. The monoisotopic (exact) mass is 555 g/mol. The molecule has 0 heterocycles. The Morgan fingerprint density at radius 3 is 2.31 bits per heavy atom. The Morgan fingerprint density at radius 1 is 1.03 bits per heavy atom. The molecule has 0 spiro atoms. The van der Waals surface area contributed by atoms with Crippen molar-refractivity contribution in [1.29, 1.82) is 0 Å². The minimum absolute atomic E-state index is 0.0635. The zero-order valence-corrected chi connectivity index (χ0v) is 23.8. The van der Waals surface area contributed by atoms with Crippen molar-refractivity contribution in [3.05, 3.63) is 63.6 Å². The summed E-state index contributed by atoms with van der Waals surface area (Å²) >= 11 is 12.2. The van der Waals surface area contributed by atoms with E-state index in [9.17, 15) is 18.0 Å². The van der Waals surface area contributed by atoms with Crippen molar-refractivity contribution in [2.45, 2.75) is 53.1 Å². The lowest BCUT2D eigenvalue weighted by atomic mass is 10.1. The van der Waals surface area contributed by atoms with E-state index in [2.05, 4.69) is 5.32 Å². The van der Waals surface area contributed by atoms with Gasteiger partial charge >= 0.3 is 0 Å². The molecule has 0 unspecified atom stereocenters. The van der Waals surface area contributed by atoms with Crippen LogP contribution in [0.2, 0.25) is 10.0 Å². The fourth-order valence-corrected chi connectivity index (χ4v) is 5.09. The van der Waals surface area contributed by atoms with Crippen molar-refractivity contribution in [2.24, 2.45) is 5.92 Å². The molecular formula is C26H35Cl2N3O4S. The van der Waals surface area contributed by atoms with Crippen LogP contribution in [-0.2, 0) is 26.2 Å². The van der Waals surface area contributed by atoms with Gasteiger partial charge in [-0.1, -0.05) is 55.2 Å². The van der Waals surface area contributed by atoms with Crippen LogP contribution in [0.3, 0.4) is 0 Å². The van der Waals surface area contributed by atoms with Gasteiger partial charge in [-0.2, -0.15) is 0 Å². The average molecular weight is 557 g/mol. The number of nitrogens with one attached hydrogen (secondary N) is 1. The Kier molecular flexibility index (Phi) is 11.1. The minimum Gasteiger partial charge on any atom is -0.354 e. The van der Waals surface area contributed by atoms with Gasteiger partial charge in [0.2, 0.25) is 21.8 Å². The standard InChI is InChI=1S/C26H35Cl2N3O4S/c1-18(2)16-29-26(33)20(4)30(17-21-8-6-9-22(27)14-21)25(32)10-7-13-31(36(5,34)35)24-15-23(28)12-11-19(24)3/h6,8-9,11-12,14-15,18,20H,7,10,13,16-17H2,1-5H3,(H,29,33)/t20-/m0/s1. The normalized spacial score (nSPS) is 12.3. The zero-order chi connectivity index (χ0) is 27.0. The van der Waals surface area contributed by atoms with Crippen molar-refractivity contribution in [3.8, 4) is 0 Å². The summed E-state index contributed by atoms with van der Waals surface area (Å²) in [6.45, 7) is 8.30. The van der Waals surface area contributed by atoms with Gasteiger partial charge in [-0.15, -0.1) is 0 Å². The number of amides is 2. The van der Waals surface area contributed by atoms with Gasteiger partial charge in [-0.05, 0) is 61.6 Å². The van der Waals surface area contributed by atoms with E-state index in [1.807, 2.05) is 19.9 Å². The number of carbonyl (C=O) groups is 2. The summed E-state index contributed by atoms with van der Waals surface area (Å²) in [6, 6.07) is 11.5. The van der Waals surface area contributed by atoms with Crippen LogP contribution >= 0.6 is 23.2 Å². The first kappa shape index (κ1) is 29.9. The van der Waals surface area contributed by atoms with Crippen LogP contribution in [0.4, 0.5) is 5.69 Å². The predicted molar refractivity (Wildman–Crippen MR) is 147 cm³/mol. The maximum atomic E-state index is 13.3. The van der Waals surface area contributed by atoms with E-state index in [0.29, 0.717) is 22.3 Å². The molecule has 2 aromatic rings. The first-order chi connectivity index (χ1) is 16.8. The van der Waals surface area contributed by atoms with Gasteiger partial charge in [-0.3, -0.25) is 13.9 Å². The maximum absolute atomic E-state index is 13.3. The topological polar surface area (TPSA) is 86.8 Å². The smallest absolute Gasteiger partial charge is 0.242 e. The highest BCUT2D eigenvalue weighted by molar-refractivity contribution is 7.92. The lowest BCUT2D eigenvalue weighted by molar-refractivity contribution is -0.140. The van der Waals surface area contributed by atoms with E-state index in [-0.39, 0.29) is 43.7 Å². The Labute approximate surface area is 224 Å². The molecule has 0 fully saturated rings. The Bertz CT molecular complexity index is 1170. The van der Waals surface area contributed by atoms with E-state index >= 15 is 0 Å². The highest BCUT2D eigenvalue weighted by atomic mass is 35.5. The first-order valence-electron chi connectivity index (χ1n) is 11.8. The van der Waals surface area contributed by atoms with Gasteiger partial charge in [-0.25, -0.2) is 8.42 Å². The van der Waals surface area contributed by atoms with Gasteiger partial charge in [0.1, 0.15) is 6.04 Å². The molecule has 0 aromatic heterocycles. The van der Waals surface area contributed by atoms with Crippen LogP contribution in [0.1, 0.15) is 44.7 Å². The van der Waals surface area contributed by atoms with E-state index in [4.69, 9.17) is 23.2 Å². The van der Waals surface area contributed by atoms with Crippen LogP contribution in [0.25, 0.3) is 0 Å². The number of halogens is 2. The SMILES string of the molecule is Cc1ccc(Cl)cc1N(CCCC(=O)N(Cc1cccc(Cl)c1)[C@@H](C)C(=O)NCC(C)C)S(C)(=O)=O. The third kappa shape index (κ3) is 8.98. The summed E-state index contributed by atoms with van der Waals surface area (Å²) in [4.78, 5) is 27.6. The number of rotatable bonds is 12. The van der Waals surface area contributed by atoms with Crippen LogP contribution in [0.15, 0.2) is 42.5 Å². The lowest BCUT2D eigenvalue weighted by Gasteiger charge is -2.30. The second-order valence-corrected chi connectivity index (χ2v) is 12.1. The summed E-state index contributed by atoms with van der Waals surface area (Å²) in [5.74, 6) is -0.222. The van der Waals surface area contributed by atoms with Crippen molar-refractivity contribution < 1.29 is 18.0 Å². The van der Waals surface area contributed by atoms with Crippen LogP contribution < -0.4 is 9.62 Å². The average Bonchev–Trinajstić information content (AvgIpc) is 2.79. The van der Waals surface area contributed by atoms with Crippen LogP contribution in [-0.4, -0.2) is 50.5 Å². The number of carbonyl (C=O) groups excluding carboxylic acids is 2. The predicted octanol–water partition coefficient (Wildman–Crippen LogP) is 5.04. The van der Waals surface area contributed by atoms with Crippen molar-refractivity contribution in [1.82, 2.24) is 10.2 Å². The molecule has 7 nitrogen and oxygen atoms in total. The van der Waals surface area contributed by atoms with Crippen molar-refractivity contribution in [3.63, 3.8) is 0 Å². The molecule has 2 aromatic carbocycles. The quantitative estimate of drug-likeness (QED) is 0.397. The molecule has 0 aliphatic rings. The second kappa shape index (κ2) is 13.3. The molecule has 0 saturated heterocycles. The maximum Gasteiger partial charge on any atom is 0.242 e. The third-order valence-electron chi connectivity index (χ3n) is 5.69. The number of hydrogen-bond donors (Lipinski definition) is 1. The van der Waals surface area contributed by atoms with Gasteiger partial charge in [0.15, 0.2) is 0 Å². The molecule has 0 bridgehead atoms. The van der Waals surface area contributed by atoms with Crippen LogP contribution in [0.5, 0.6) is 0 Å². The lowest BCUT2D eigenvalue weighted by Crippen LogP contribution is -2.48. The molecule has 0 aliphatic carbocycles. The summed E-state index contributed by atoms with van der Waals surface area (Å²) in [5.41, 5.74) is 2.04. The van der Waals surface area contributed by atoms with Crippen LogP contribution in [0, 0.1) is 12.8 Å². The molecule has 10 heteroatoms. The minimum atomic E-state index is -3.60. The Morgan fingerprint density at radius 2 is 1.69 bits per heavy atom. The number of sulfonamides is 1. The van der Waals surface area contributed by atoms with Gasteiger partial charge < -0.3 is 10.2 Å². The van der Waals surface area contributed by atoms with Gasteiger partial charge in [0.05, 0.1) is 11.9 Å². The molecule has 2 amide bonds. The van der Waals surface area contributed by atoms with Crippen molar-refractivity contribution in [2.75, 3.05) is 23.7 Å². The fourth-order valence-electron chi connectivity index (χ4n) is 3.70. The Balaban J connectivity index is 2.19.